The van der Waals surface area contributed by atoms with Crippen LogP contribution in [0.15, 0.2) is 18.2 Å². The molecule has 0 spiro atoms. The summed E-state index contributed by atoms with van der Waals surface area (Å²) in [5.41, 5.74) is 0.947. The number of nitrogens with zero attached hydrogens (tertiary/aromatic N) is 1. The molecule has 2 rings (SSSR count). The Hall–Kier alpha value is 0.190. The highest BCUT2D eigenvalue weighted by Gasteiger charge is 2.29. The summed E-state index contributed by atoms with van der Waals surface area (Å²) in [7, 11) is 0. The lowest BCUT2D eigenvalue weighted by Gasteiger charge is -2.17. The lowest BCUT2D eigenvalue weighted by Crippen LogP contribution is -2.24. The smallest absolute Gasteiger partial charge is 0.227 e. The van der Waals surface area contributed by atoms with Gasteiger partial charge < -0.3 is 4.90 Å². The Kier molecular flexibility index (Phi) is 4.13. The molecule has 1 aliphatic heterocycles. The molecular formula is C11H10BrClINO. The highest BCUT2D eigenvalue weighted by Crippen LogP contribution is 2.29. The number of amides is 1. The van der Waals surface area contributed by atoms with Gasteiger partial charge in [-0.05, 0) is 46.7 Å². The predicted molar refractivity (Wildman–Crippen MR) is 78.4 cm³/mol. The number of rotatable bonds is 2. The van der Waals surface area contributed by atoms with Gasteiger partial charge in [-0.25, -0.2) is 0 Å². The van der Waals surface area contributed by atoms with Gasteiger partial charge in [-0.2, -0.15) is 0 Å². The average molecular weight is 414 g/mol. The van der Waals surface area contributed by atoms with Gasteiger partial charge in [0, 0.05) is 27.6 Å². The molecule has 0 aromatic heterocycles. The first kappa shape index (κ1) is 12.6. The maximum absolute atomic E-state index is 11.8. The van der Waals surface area contributed by atoms with Crippen LogP contribution in [0, 0.1) is 9.49 Å². The molecule has 0 radical (unpaired) electrons. The minimum Gasteiger partial charge on any atom is -0.312 e. The average Bonchev–Trinajstić information content (AvgIpc) is 2.64. The molecule has 0 N–H and O–H groups in total. The fourth-order valence-electron chi connectivity index (χ4n) is 1.79. The minimum absolute atomic E-state index is 0.197. The molecule has 5 heteroatoms. The molecule has 1 aromatic rings. The molecule has 0 bridgehead atoms. The van der Waals surface area contributed by atoms with Crippen LogP contribution in [-0.4, -0.2) is 17.8 Å². The number of anilines is 1. The van der Waals surface area contributed by atoms with Crippen LogP contribution in [0.5, 0.6) is 0 Å². The van der Waals surface area contributed by atoms with Crippen molar-refractivity contribution in [3.05, 3.63) is 26.8 Å². The van der Waals surface area contributed by atoms with Gasteiger partial charge in [0.15, 0.2) is 0 Å². The number of hydrogen-bond donors (Lipinski definition) is 0. The number of hydrogen-bond acceptors (Lipinski definition) is 1. The molecular weight excluding hydrogens is 404 g/mol. The van der Waals surface area contributed by atoms with Crippen molar-refractivity contribution in [1.82, 2.24) is 0 Å². The van der Waals surface area contributed by atoms with Gasteiger partial charge in [0.2, 0.25) is 5.91 Å². The zero-order valence-electron chi connectivity index (χ0n) is 8.42. The van der Waals surface area contributed by atoms with E-state index < -0.39 is 0 Å². The topological polar surface area (TPSA) is 20.3 Å². The molecule has 16 heavy (non-hydrogen) atoms. The fraction of sp³-hybridized carbons (Fsp3) is 0.364. The Morgan fingerprint density at radius 2 is 2.31 bits per heavy atom. The zero-order chi connectivity index (χ0) is 11.7. The van der Waals surface area contributed by atoms with Crippen LogP contribution in [0.1, 0.15) is 6.42 Å². The molecule has 1 fully saturated rings. The summed E-state index contributed by atoms with van der Waals surface area (Å²) in [4.78, 5) is 13.6. The monoisotopic (exact) mass is 413 g/mol. The van der Waals surface area contributed by atoms with Crippen LogP contribution < -0.4 is 4.90 Å². The largest absolute Gasteiger partial charge is 0.312 e. The van der Waals surface area contributed by atoms with E-state index in [4.69, 9.17) is 11.6 Å². The number of carbonyl (C=O) groups excluding carboxylic acids is 1. The first-order valence-corrected chi connectivity index (χ1v) is 7.51. The third kappa shape index (κ3) is 2.54. The summed E-state index contributed by atoms with van der Waals surface area (Å²) in [6, 6.07) is 5.70. The molecule has 1 heterocycles. The summed E-state index contributed by atoms with van der Waals surface area (Å²) < 4.78 is 0.979. The standard InChI is InChI=1S/C11H10BrClINO/c12-5-7-3-11(16)15(6-7)8-1-2-9(13)10(14)4-8/h1-2,4,7H,3,5-6H2. The van der Waals surface area contributed by atoms with Crippen molar-refractivity contribution in [3.63, 3.8) is 0 Å². The van der Waals surface area contributed by atoms with Crippen molar-refractivity contribution in [2.75, 3.05) is 16.8 Å². The third-order valence-electron chi connectivity index (χ3n) is 2.64. The van der Waals surface area contributed by atoms with Gasteiger partial charge in [0.1, 0.15) is 0 Å². The second-order valence-corrected chi connectivity index (χ2v) is 6.04. The van der Waals surface area contributed by atoms with Crippen molar-refractivity contribution in [3.8, 4) is 0 Å². The molecule has 1 amide bonds. The normalized spacial score (nSPS) is 20.6. The van der Waals surface area contributed by atoms with E-state index >= 15 is 0 Å². The Morgan fingerprint density at radius 1 is 1.56 bits per heavy atom. The van der Waals surface area contributed by atoms with E-state index in [9.17, 15) is 4.79 Å². The number of carbonyl (C=O) groups is 1. The van der Waals surface area contributed by atoms with Crippen molar-refractivity contribution < 1.29 is 4.79 Å². The highest BCUT2D eigenvalue weighted by molar-refractivity contribution is 14.1. The third-order valence-corrected chi connectivity index (χ3v) is 5.09. The molecule has 1 saturated heterocycles. The van der Waals surface area contributed by atoms with Gasteiger partial charge in [0.25, 0.3) is 0 Å². The van der Waals surface area contributed by atoms with Crippen molar-refractivity contribution in [2.45, 2.75) is 6.42 Å². The van der Waals surface area contributed by atoms with E-state index in [2.05, 4.69) is 38.5 Å². The minimum atomic E-state index is 0.197. The summed E-state index contributed by atoms with van der Waals surface area (Å²) in [5.74, 6) is 0.614. The molecule has 0 saturated carbocycles. The number of benzene rings is 1. The highest BCUT2D eigenvalue weighted by atomic mass is 127. The fourth-order valence-corrected chi connectivity index (χ4v) is 2.84. The summed E-state index contributed by atoms with van der Waals surface area (Å²) in [6.45, 7) is 0.793. The molecule has 1 aromatic carbocycles. The van der Waals surface area contributed by atoms with E-state index in [1.165, 1.54) is 0 Å². The summed E-state index contributed by atoms with van der Waals surface area (Å²) >= 11 is 11.6. The summed E-state index contributed by atoms with van der Waals surface area (Å²) in [5, 5.41) is 1.60. The van der Waals surface area contributed by atoms with Gasteiger partial charge in [-0.1, -0.05) is 27.5 Å². The van der Waals surface area contributed by atoms with E-state index in [1.807, 2.05) is 23.1 Å². The van der Waals surface area contributed by atoms with Gasteiger partial charge in [-0.15, -0.1) is 0 Å². The van der Waals surface area contributed by atoms with Crippen LogP contribution in [0.3, 0.4) is 0 Å². The van der Waals surface area contributed by atoms with Crippen LogP contribution >= 0.6 is 50.1 Å². The van der Waals surface area contributed by atoms with Crippen LogP contribution in [0.2, 0.25) is 5.02 Å². The first-order chi connectivity index (χ1) is 7.61. The van der Waals surface area contributed by atoms with Crippen LogP contribution in [-0.2, 0) is 4.79 Å². The lowest BCUT2D eigenvalue weighted by molar-refractivity contribution is -0.117. The van der Waals surface area contributed by atoms with Crippen molar-refractivity contribution >= 4 is 61.7 Å². The van der Waals surface area contributed by atoms with Crippen LogP contribution in [0.25, 0.3) is 0 Å². The van der Waals surface area contributed by atoms with E-state index in [0.29, 0.717) is 12.3 Å². The second-order valence-electron chi connectivity index (χ2n) is 3.83. The molecule has 1 unspecified atom stereocenters. The Bertz CT molecular complexity index is 426. The van der Waals surface area contributed by atoms with E-state index in [-0.39, 0.29) is 5.91 Å². The van der Waals surface area contributed by atoms with Gasteiger partial charge >= 0.3 is 0 Å². The quantitative estimate of drug-likeness (QED) is 0.534. The Morgan fingerprint density at radius 3 is 2.88 bits per heavy atom. The molecule has 1 aliphatic rings. The van der Waals surface area contributed by atoms with E-state index in [0.717, 1.165) is 26.2 Å². The van der Waals surface area contributed by atoms with Crippen molar-refractivity contribution in [1.29, 1.82) is 0 Å². The Balaban J connectivity index is 2.24. The number of halogens is 3. The van der Waals surface area contributed by atoms with Gasteiger partial charge in [-0.3, -0.25) is 4.79 Å². The SMILES string of the molecule is O=C1CC(CBr)CN1c1ccc(Cl)c(I)c1. The number of alkyl halides is 1. The lowest BCUT2D eigenvalue weighted by atomic mass is 10.2. The van der Waals surface area contributed by atoms with E-state index in [1.54, 1.807) is 0 Å². The maximum Gasteiger partial charge on any atom is 0.227 e. The predicted octanol–water partition coefficient (Wildman–Crippen LogP) is 3.69. The van der Waals surface area contributed by atoms with Crippen molar-refractivity contribution in [2.24, 2.45) is 5.92 Å². The van der Waals surface area contributed by atoms with Gasteiger partial charge in [0.05, 0.1) is 5.02 Å². The zero-order valence-corrected chi connectivity index (χ0v) is 12.9. The maximum atomic E-state index is 11.8. The first-order valence-electron chi connectivity index (χ1n) is 4.93. The molecule has 1 atom stereocenters. The molecule has 2 nitrogen and oxygen atoms in total. The second kappa shape index (κ2) is 5.23. The molecule has 0 aliphatic carbocycles. The van der Waals surface area contributed by atoms with Crippen LogP contribution in [0.4, 0.5) is 5.69 Å². The molecule has 86 valence electrons. The Labute approximate surface area is 122 Å². The summed E-state index contributed by atoms with van der Waals surface area (Å²) in [6.07, 6.45) is 0.629.